The lowest BCUT2D eigenvalue weighted by molar-refractivity contribution is -0.120. The number of carbonyl (C=O) groups excluding carboxylic acids is 4. The summed E-state index contributed by atoms with van der Waals surface area (Å²) in [5, 5.41) is 5.38. The molecule has 0 saturated carbocycles. The van der Waals surface area contributed by atoms with Gasteiger partial charge in [0.2, 0.25) is 0 Å². The second-order valence-corrected chi connectivity index (χ2v) is 9.84. The number of nitrogens with one attached hydrogen (secondary N) is 2. The standard InChI is InChI=1S/C30H28ClN3O6/c1-17(2)39-24-14-6-5-13-23(24)33-27(35)19-9-7-11-21(15-19)32-26-25(31)28(36)34(29(26)37)22-12-8-10-20(16-22)30(38)40-18(3)4/h5-18,32H,1-4H3,(H,33,35). The molecule has 9 nitrogen and oxygen atoms in total. The van der Waals surface area contributed by atoms with E-state index in [1.54, 1.807) is 56.3 Å². The van der Waals surface area contributed by atoms with Crippen molar-refractivity contribution in [2.75, 3.05) is 15.5 Å². The Balaban J connectivity index is 1.52. The summed E-state index contributed by atoms with van der Waals surface area (Å²) in [6.07, 6.45) is -0.412. The molecule has 1 aliphatic heterocycles. The van der Waals surface area contributed by atoms with Crippen molar-refractivity contribution in [2.24, 2.45) is 0 Å². The van der Waals surface area contributed by atoms with E-state index in [2.05, 4.69) is 10.6 Å². The van der Waals surface area contributed by atoms with Crippen LogP contribution in [0.5, 0.6) is 5.75 Å². The maximum atomic E-state index is 13.3. The predicted molar refractivity (Wildman–Crippen MR) is 153 cm³/mol. The summed E-state index contributed by atoms with van der Waals surface area (Å²) in [6, 6.07) is 19.5. The third-order valence-electron chi connectivity index (χ3n) is 5.60. The van der Waals surface area contributed by atoms with E-state index in [0.717, 1.165) is 4.90 Å². The van der Waals surface area contributed by atoms with Crippen LogP contribution in [0, 0.1) is 0 Å². The Labute approximate surface area is 236 Å². The number of amides is 3. The van der Waals surface area contributed by atoms with Gasteiger partial charge in [-0.1, -0.05) is 35.9 Å². The normalized spacial score (nSPS) is 13.2. The van der Waals surface area contributed by atoms with E-state index >= 15 is 0 Å². The largest absolute Gasteiger partial charge is 0.489 e. The molecule has 3 aromatic rings. The van der Waals surface area contributed by atoms with Gasteiger partial charge in [0.15, 0.2) is 0 Å². The zero-order chi connectivity index (χ0) is 29.0. The Morgan fingerprint density at radius 1 is 0.825 bits per heavy atom. The van der Waals surface area contributed by atoms with Crippen LogP contribution in [0.2, 0.25) is 0 Å². The molecule has 1 aliphatic rings. The van der Waals surface area contributed by atoms with Crippen LogP contribution in [0.25, 0.3) is 0 Å². The predicted octanol–water partition coefficient (Wildman–Crippen LogP) is 5.73. The highest BCUT2D eigenvalue weighted by atomic mass is 35.5. The third kappa shape index (κ3) is 6.32. The highest BCUT2D eigenvalue weighted by Crippen LogP contribution is 2.31. The quantitative estimate of drug-likeness (QED) is 0.253. The summed E-state index contributed by atoms with van der Waals surface area (Å²) in [5.74, 6) is -1.90. The molecule has 4 rings (SSSR count). The van der Waals surface area contributed by atoms with E-state index in [1.165, 1.54) is 24.3 Å². The van der Waals surface area contributed by atoms with Gasteiger partial charge >= 0.3 is 5.97 Å². The van der Waals surface area contributed by atoms with Crippen molar-refractivity contribution in [2.45, 2.75) is 39.9 Å². The zero-order valence-electron chi connectivity index (χ0n) is 22.4. The number of hydrogen-bond acceptors (Lipinski definition) is 7. The summed E-state index contributed by atoms with van der Waals surface area (Å²) < 4.78 is 11.0. The van der Waals surface area contributed by atoms with Crippen molar-refractivity contribution in [1.82, 2.24) is 0 Å². The fourth-order valence-corrected chi connectivity index (χ4v) is 4.12. The minimum atomic E-state index is -0.751. The Hall–Kier alpha value is -4.63. The van der Waals surface area contributed by atoms with Gasteiger partial charge in [-0.25, -0.2) is 9.69 Å². The summed E-state index contributed by atoms with van der Waals surface area (Å²) in [7, 11) is 0. The molecule has 0 atom stereocenters. The van der Waals surface area contributed by atoms with E-state index in [1.807, 2.05) is 19.9 Å². The fourth-order valence-electron chi connectivity index (χ4n) is 3.90. The number of ether oxygens (including phenoxy) is 2. The summed E-state index contributed by atoms with van der Waals surface area (Å²) in [5.41, 5.74) is 1.37. The molecule has 0 aromatic heterocycles. The number of rotatable bonds is 9. The lowest BCUT2D eigenvalue weighted by atomic mass is 10.1. The molecule has 0 unspecified atom stereocenters. The molecule has 3 aromatic carbocycles. The highest BCUT2D eigenvalue weighted by Gasteiger charge is 2.39. The number of benzene rings is 3. The number of imide groups is 1. The molecule has 10 heteroatoms. The molecule has 0 radical (unpaired) electrons. The molecule has 0 spiro atoms. The second-order valence-electron chi connectivity index (χ2n) is 9.46. The van der Waals surface area contributed by atoms with Gasteiger partial charge in [0.25, 0.3) is 17.7 Å². The lowest BCUT2D eigenvalue weighted by Crippen LogP contribution is -2.32. The van der Waals surface area contributed by atoms with Crippen molar-refractivity contribution in [3.8, 4) is 5.75 Å². The van der Waals surface area contributed by atoms with Gasteiger partial charge in [-0.15, -0.1) is 0 Å². The first-order chi connectivity index (χ1) is 19.0. The van der Waals surface area contributed by atoms with Crippen LogP contribution in [0.15, 0.2) is 83.5 Å². The van der Waals surface area contributed by atoms with Crippen LogP contribution in [0.4, 0.5) is 17.1 Å². The molecule has 0 saturated heterocycles. The zero-order valence-corrected chi connectivity index (χ0v) is 23.1. The number of anilines is 3. The molecule has 3 amide bonds. The highest BCUT2D eigenvalue weighted by molar-refractivity contribution is 6.53. The number of para-hydroxylation sites is 2. The smallest absolute Gasteiger partial charge is 0.338 e. The Morgan fingerprint density at radius 3 is 2.25 bits per heavy atom. The van der Waals surface area contributed by atoms with Crippen LogP contribution in [0.1, 0.15) is 48.4 Å². The Morgan fingerprint density at radius 2 is 1.52 bits per heavy atom. The topological polar surface area (TPSA) is 114 Å². The first kappa shape index (κ1) is 28.4. The van der Waals surface area contributed by atoms with Crippen molar-refractivity contribution in [3.05, 3.63) is 94.7 Å². The van der Waals surface area contributed by atoms with Crippen molar-refractivity contribution < 1.29 is 28.7 Å². The third-order valence-corrected chi connectivity index (χ3v) is 5.95. The number of halogens is 1. The number of esters is 1. The van der Waals surface area contributed by atoms with Crippen LogP contribution >= 0.6 is 11.6 Å². The summed E-state index contributed by atoms with van der Waals surface area (Å²) in [6.45, 7) is 7.22. The van der Waals surface area contributed by atoms with Crippen LogP contribution in [0.3, 0.4) is 0 Å². The van der Waals surface area contributed by atoms with E-state index in [4.69, 9.17) is 21.1 Å². The fraction of sp³-hybridized carbons (Fsp3) is 0.200. The number of hydrogen-bond donors (Lipinski definition) is 2. The first-order valence-corrected chi connectivity index (χ1v) is 13.0. The number of nitrogens with zero attached hydrogens (tertiary/aromatic N) is 1. The van der Waals surface area contributed by atoms with Crippen molar-refractivity contribution in [3.63, 3.8) is 0 Å². The van der Waals surface area contributed by atoms with E-state index in [9.17, 15) is 19.2 Å². The average Bonchev–Trinajstić information content (AvgIpc) is 3.12. The van der Waals surface area contributed by atoms with Crippen LogP contribution < -0.4 is 20.3 Å². The van der Waals surface area contributed by atoms with E-state index in [0.29, 0.717) is 22.7 Å². The molecule has 206 valence electrons. The van der Waals surface area contributed by atoms with Gasteiger partial charge in [-0.3, -0.25) is 14.4 Å². The molecule has 1 heterocycles. The molecule has 40 heavy (non-hydrogen) atoms. The average molecular weight is 562 g/mol. The minimum absolute atomic E-state index is 0.0776. The van der Waals surface area contributed by atoms with Crippen LogP contribution in [-0.2, 0) is 14.3 Å². The minimum Gasteiger partial charge on any atom is -0.489 e. The maximum absolute atomic E-state index is 13.3. The van der Waals surface area contributed by atoms with Gasteiger partial charge < -0.3 is 20.1 Å². The first-order valence-electron chi connectivity index (χ1n) is 12.6. The van der Waals surface area contributed by atoms with Gasteiger partial charge in [0, 0.05) is 11.3 Å². The number of carbonyl (C=O) groups is 4. The van der Waals surface area contributed by atoms with Crippen molar-refractivity contribution >= 4 is 52.4 Å². The SMILES string of the molecule is CC(C)OC(=O)c1cccc(N2C(=O)C(Cl)=C(Nc3cccc(C(=O)Nc4ccccc4OC(C)C)c3)C2=O)c1. The molecule has 2 N–H and O–H groups in total. The summed E-state index contributed by atoms with van der Waals surface area (Å²) >= 11 is 6.28. The van der Waals surface area contributed by atoms with Gasteiger partial charge in [-0.2, -0.15) is 0 Å². The van der Waals surface area contributed by atoms with Crippen molar-refractivity contribution in [1.29, 1.82) is 0 Å². The maximum Gasteiger partial charge on any atom is 0.338 e. The Kier molecular flexibility index (Phi) is 8.55. The molecule has 0 fully saturated rings. The van der Waals surface area contributed by atoms with Crippen LogP contribution in [-0.4, -0.2) is 35.9 Å². The Bertz CT molecular complexity index is 1510. The van der Waals surface area contributed by atoms with Gasteiger partial charge in [0.05, 0.1) is 29.1 Å². The van der Waals surface area contributed by atoms with Gasteiger partial charge in [0.1, 0.15) is 16.5 Å². The monoisotopic (exact) mass is 561 g/mol. The molecular formula is C30H28ClN3O6. The van der Waals surface area contributed by atoms with E-state index in [-0.39, 0.29) is 34.2 Å². The lowest BCUT2D eigenvalue weighted by Gasteiger charge is -2.16. The van der Waals surface area contributed by atoms with Gasteiger partial charge in [-0.05, 0) is 76.2 Å². The summed E-state index contributed by atoms with van der Waals surface area (Å²) in [4.78, 5) is 52.4. The molecular weight excluding hydrogens is 534 g/mol. The molecule has 0 aliphatic carbocycles. The molecule has 0 bridgehead atoms. The van der Waals surface area contributed by atoms with E-state index < -0.39 is 23.7 Å². The second kappa shape index (κ2) is 12.0.